The summed E-state index contributed by atoms with van der Waals surface area (Å²) in [5.41, 5.74) is 1.08. The molecule has 1 aromatic heterocycles. The summed E-state index contributed by atoms with van der Waals surface area (Å²) in [7, 11) is 1.66. The van der Waals surface area contributed by atoms with Gasteiger partial charge in [-0.25, -0.2) is 14.7 Å². The van der Waals surface area contributed by atoms with Gasteiger partial charge < -0.3 is 24.8 Å². The number of aryl methyl sites for hydroxylation is 1. The number of halogens is 1. The van der Waals surface area contributed by atoms with Gasteiger partial charge in [0.1, 0.15) is 12.4 Å². The lowest BCUT2D eigenvalue weighted by Crippen LogP contribution is -2.47. The lowest BCUT2D eigenvalue weighted by Gasteiger charge is -2.25. The molecule has 1 atom stereocenters. The molecule has 29 heavy (non-hydrogen) atoms. The van der Waals surface area contributed by atoms with Crippen molar-refractivity contribution in [1.29, 1.82) is 0 Å². The Morgan fingerprint density at radius 2 is 2.21 bits per heavy atom. The summed E-state index contributed by atoms with van der Waals surface area (Å²) in [5, 5.41) is 11.4. The van der Waals surface area contributed by atoms with Gasteiger partial charge in [0.25, 0.3) is 0 Å². The van der Waals surface area contributed by atoms with Crippen LogP contribution in [0.1, 0.15) is 30.6 Å². The van der Waals surface area contributed by atoms with E-state index in [1.165, 1.54) is 0 Å². The van der Waals surface area contributed by atoms with Gasteiger partial charge in [-0.3, -0.25) is 0 Å². The Hall–Kier alpha value is -2.08. The minimum atomic E-state index is 0. The zero-order valence-corrected chi connectivity index (χ0v) is 19.0. The van der Waals surface area contributed by atoms with E-state index in [1.54, 1.807) is 7.11 Å². The zero-order chi connectivity index (χ0) is 19.3. The van der Waals surface area contributed by atoms with Gasteiger partial charge in [0.2, 0.25) is 6.79 Å². The van der Waals surface area contributed by atoms with Gasteiger partial charge in [0, 0.05) is 26.1 Å². The highest BCUT2D eigenvalue weighted by atomic mass is 127. The monoisotopic (exact) mass is 514 g/mol. The first-order valence-electron chi connectivity index (χ1n) is 9.60. The molecule has 0 aliphatic carbocycles. The summed E-state index contributed by atoms with van der Waals surface area (Å²) in [6.07, 6.45) is 1.87. The number of hydrogen-bond acceptors (Lipinski definition) is 6. The molecule has 0 amide bonds. The molecule has 2 aliphatic rings. The van der Waals surface area contributed by atoms with E-state index in [-0.39, 0.29) is 36.8 Å². The number of methoxy groups -OCH3 is 1. The number of fused-ring (bicyclic) bond motifs is 2. The number of nitrogens with zero attached hydrogens (tertiary/aromatic N) is 4. The van der Waals surface area contributed by atoms with Crippen LogP contribution in [0.3, 0.4) is 0 Å². The van der Waals surface area contributed by atoms with E-state index in [1.807, 2.05) is 22.9 Å². The second-order valence-electron chi connectivity index (χ2n) is 6.82. The molecule has 2 aromatic rings. The van der Waals surface area contributed by atoms with Gasteiger partial charge in [-0.1, -0.05) is 6.07 Å². The highest BCUT2D eigenvalue weighted by Gasteiger charge is 2.22. The number of hydrogen-bond donors (Lipinski definition) is 2. The Bertz CT molecular complexity index is 856. The maximum Gasteiger partial charge on any atom is 0.231 e. The van der Waals surface area contributed by atoms with Crippen LogP contribution in [0.2, 0.25) is 0 Å². The summed E-state index contributed by atoms with van der Waals surface area (Å²) in [6.45, 7) is 4.91. The van der Waals surface area contributed by atoms with Crippen molar-refractivity contribution < 1.29 is 14.2 Å². The standard InChI is InChI=1S/C19H26N6O3.HI/c1-3-20-19(21-9-13-4-6-15-16(8-13)28-12-27-15)22-14-5-7-18-23-17(11-26-2)24-25(18)10-14;/h4,6,8,14H,3,5,7,9-12H2,1-2H3,(H2,20,21,22);1H. The largest absolute Gasteiger partial charge is 0.454 e. The summed E-state index contributed by atoms with van der Waals surface area (Å²) in [4.78, 5) is 9.25. The fourth-order valence-corrected chi connectivity index (χ4v) is 3.39. The molecule has 10 heteroatoms. The topological polar surface area (TPSA) is 94.8 Å². The van der Waals surface area contributed by atoms with Crippen molar-refractivity contribution >= 4 is 29.9 Å². The van der Waals surface area contributed by atoms with E-state index in [0.717, 1.165) is 60.6 Å². The summed E-state index contributed by atoms with van der Waals surface area (Å²) >= 11 is 0. The smallest absolute Gasteiger partial charge is 0.231 e. The third-order valence-corrected chi connectivity index (χ3v) is 4.72. The Morgan fingerprint density at radius 3 is 3.03 bits per heavy atom. The van der Waals surface area contributed by atoms with E-state index < -0.39 is 0 Å². The number of rotatable bonds is 6. The molecular formula is C19H27IN6O3. The van der Waals surface area contributed by atoms with Crippen LogP contribution < -0.4 is 20.1 Å². The molecule has 3 heterocycles. The number of ether oxygens (including phenoxy) is 3. The van der Waals surface area contributed by atoms with Gasteiger partial charge in [-0.15, -0.1) is 24.0 Å². The number of aromatic nitrogens is 3. The van der Waals surface area contributed by atoms with Gasteiger partial charge in [-0.05, 0) is 31.0 Å². The number of benzene rings is 1. The predicted molar refractivity (Wildman–Crippen MR) is 119 cm³/mol. The average Bonchev–Trinajstić information content (AvgIpc) is 3.32. The molecule has 2 aliphatic heterocycles. The molecule has 1 aromatic carbocycles. The minimum Gasteiger partial charge on any atom is -0.454 e. The highest BCUT2D eigenvalue weighted by Crippen LogP contribution is 2.32. The Labute approximate surface area is 187 Å². The SMILES string of the molecule is CCNC(=NCc1ccc2c(c1)OCO2)NC1CCc2nc(COC)nn2C1.I. The summed E-state index contributed by atoms with van der Waals surface area (Å²) in [5.74, 6) is 4.12. The van der Waals surface area contributed by atoms with Crippen molar-refractivity contribution in [2.45, 2.75) is 45.5 Å². The fraction of sp³-hybridized carbons (Fsp3) is 0.526. The number of aliphatic imine (C=N–C) groups is 1. The molecule has 9 nitrogen and oxygen atoms in total. The van der Waals surface area contributed by atoms with Crippen molar-refractivity contribution in [3.63, 3.8) is 0 Å². The molecule has 0 bridgehead atoms. The second kappa shape index (κ2) is 10.1. The van der Waals surface area contributed by atoms with Gasteiger partial charge in [0.15, 0.2) is 23.3 Å². The first-order valence-corrected chi connectivity index (χ1v) is 9.60. The zero-order valence-electron chi connectivity index (χ0n) is 16.7. The van der Waals surface area contributed by atoms with Gasteiger partial charge in [0.05, 0.1) is 13.1 Å². The maximum atomic E-state index is 5.44. The summed E-state index contributed by atoms with van der Waals surface area (Å²) in [6, 6.07) is 6.17. The summed E-state index contributed by atoms with van der Waals surface area (Å²) < 4.78 is 17.9. The molecule has 0 fully saturated rings. The molecule has 4 rings (SSSR count). The first kappa shape index (κ1) is 21.6. The van der Waals surface area contributed by atoms with Crippen LogP contribution in [-0.4, -0.2) is 47.2 Å². The normalized spacial score (nSPS) is 17.4. The van der Waals surface area contributed by atoms with Crippen LogP contribution in [-0.2, 0) is 30.9 Å². The van der Waals surface area contributed by atoms with Crippen LogP contribution in [0.4, 0.5) is 0 Å². The maximum absolute atomic E-state index is 5.44. The molecule has 158 valence electrons. The second-order valence-corrected chi connectivity index (χ2v) is 6.82. The first-order chi connectivity index (χ1) is 13.7. The van der Waals surface area contributed by atoms with Gasteiger partial charge in [-0.2, -0.15) is 5.10 Å². The third-order valence-electron chi connectivity index (χ3n) is 4.72. The van der Waals surface area contributed by atoms with Crippen LogP contribution in [0.25, 0.3) is 0 Å². The lowest BCUT2D eigenvalue weighted by atomic mass is 10.1. The Balaban J connectivity index is 0.00000240. The van der Waals surface area contributed by atoms with E-state index in [2.05, 4.69) is 27.6 Å². The van der Waals surface area contributed by atoms with E-state index in [9.17, 15) is 0 Å². The van der Waals surface area contributed by atoms with E-state index in [0.29, 0.717) is 13.2 Å². The van der Waals surface area contributed by atoms with Crippen molar-refractivity contribution in [3.05, 3.63) is 35.4 Å². The molecule has 2 N–H and O–H groups in total. The van der Waals surface area contributed by atoms with Crippen LogP contribution >= 0.6 is 24.0 Å². The van der Waals surface area contributed by atoms with Crippen molar-refractivity contribution in [2.75, 3.05) is 20.4 Å². The molecule has 1 unspecified atom stereocenters. The van der Waals surface area contributed by atoms with Gasteiger partial charge >= 0.3 is 0 Å². The molecule has 0 saturated heterocycles. The quantitative estimate of drug-likeness (QED) is 0.345. The molecule has 0 saturated carbocycles. The van der Waals surface area contributed by atoms with Crippen LogP contribution in [0.5, 0.6) is 11.5 Å². The average molecular weight is 514 g/mol. The number of guanidine groups is 1. The van der Waals surface area contributed by atoms with Crippen molar-refractivity contribution in [1.82, 2.24) is 25.4 Å². The predicted octanol–water partition coefficient (Wildman–Crippen LogP) is 1.84. The minimum absolute atomic E-state index is 0. The molecule has 0 radical (unpaired) electrons. The van der Waals surface area contributed by atoms with Crippen LogP contribution in [0.15, 0.2) is 23.2 Å². The van der Waals surface area contributed by atoms with Crippen LogP contribution in [0, 0.1) is 0 Å². The highest BCUT2D eigenvalue weighted by molar-refractivity contribution is 14.0. The van der Waals surface area contributed by atoms with Crippen molar-refractivity contribution in [3.8, 4) is 11.5 Å². The van der Waals surface area contributed by atoms with Crippen molar-refractivity contribution in [2.24, 2.45) is 4.99 Å². The lowest BCUT2D eigenvalue weighted by molar-refractivity contribution is 0.174. The fourth-order valence-electron chi connectivity index (χ4n) is 3.39. The van der Waals surface area contributed by atoms with E-state index >= 15 is 0 Å². The molecular weight excluding hydrogens is 487 g/mol. The molecule has 0 spiro atoms. The Morgan fingerprint density at radius 1 is 1.34 bits per heavy atom. The van der Waals surface area contributed by atoms with E-state index in [4.69, 9.17) is 19.2 Å². The Kier molecular flexibility index (Phi) is 7.53. The number of nitrogens with one attached hydrogen (secondary N) is 2. The third kappa shape index (κ3) is 5.30.